The Morgan fingerprint density at radius 2 is 0.869 bits per heavy atom. The van der Waals surface area contributed by atoms with Gasteiger partial charge in [-0.3, -0.25) is 24.9 Å². The van der Waals surface area contributed by atoms with E-state index in [1.807, 2.05) is 185 Å². The van der Waals surface area contributed by atoms with E-state index in [0.29, 0.717) is 0 Å². The standard InChI is InChI=1S/C10H14.C8H11N.3C8H12.2C7H9N.C6H8N2.C5H7N.C4H5N.2C3H4N2S.4C2H6.CH4/c1-7-5-6-8(2)10(4)9(7)3;1-6-4-5-9-8(3)7(6)2;3*1-6-4-5-7(2)8(6)3;1-6-4-3-5-8-7(6)2;1-6-4-3-5-7(2)8-6;1-5-3-4-7-6(2)8-5;1-5-3-2-4-6-5;1-2-4-5-3-1;1-3-5-4-2-6-3;1-3-4-2-5-6-3;4*1-2;/h5-6H,1-4H3;4-5H,1-3H3;3*4H,5H2,1-3H3;2*3-5H,1-2H3;3-4H,1-2H3;2,4H,3H2,1H3;1-3H,4H2;2*2H,1H3;4*1-2H3;1H4. The number of aryl methyl sites for hydroxylation is 12. The monoisotopic (exact) mass is 1390 g/mol. The van der Waals surface area contributed by atoms with Crippen molar-refractivity contribution in [1.29, 1.82) is 0 Å². The van der Waals surface area contributed by atoms with Crippen molar-refractivity contribution in [3.8, 4) is 0 Å². The molecule has 2 aliphatic heterocycles. The molecule has 11 nitrogen and oxygen atoms in total. The molecule has 0 bridgehead atoms. The summed E-state index contributed by atoms with van der Waals surface area (Å²) in [6.07, 6.45) is 28.1. The highest BCUT2D eigenvalue weighted by molar-refractivity contribution is 7.09. The van der Waals surface area contributed by atoms with Gasteiger partial charge in [-0.1, -0.05) is 151 Å². The Hall–Kier alpha value is -7.87. The van der Waals surface area contributed by atoms with E-state index in [2.05, 4.69) is 208 Å². The Morgan fingerprint density at radius 1 is 0.404 bits per heavy atom. The predicted molar refractivity (Wildman–Crippen MR) is 444 cm³/mol. The summed E-state index contributed by atoms with van der Waals surface area (Å²) >= 11 is 2.97. The molecule has 99 heavy (non-hydrogen) atoms. The molecule has 546 valence electrons. The van der Waals surface area contributed by atoms with E-state index in [9.17, 15) is 0 Å². The first kappa shape index (κ1) is 99.8. The van der Waals surface area contributed by atoms with Crippen LogP contribution in [-0.2, 0) is 0 Å². The van der Waals surface area contributed by atoms with Gasteiger partial charge in [0.2, 0.25) is 0 Å². The SMILES string of the molecule is C.C1=CCN=C1.CC.CC.CC.CC.CC1=CCC(C)=C1C.CC1=CCC(C)=C1C.CC1=CCC(C)=C1C.CC1=NC=CC1.Cc1ccc(C)c(C)c1C.Cc1cccc(C)n1.Cc1cccnc1C.Cc1ccnc(C)c1C.Cc1ccnc(C)n1.Cc1ncns1.Cc1nncs1. The lowest BCUT2D eigenvalue weighted by Crippen LogP contribution is -1.88. The molecule has 0 radical (unpaired) electrons. The molecule has 0 N–H and O–H groups in total. The van der Waals surface area contributed by atoms with E-state index in [1.54, 1.807) is 35.6 Å². The number of allylic oxidation sites excluding steroid dienone is 14. The minimum Gasteiger partial charge on any atom is -0.289 e. The van der Waals surface area contributed by atoms with Gasteiger partial charge < -0.3 is 0 Å². The molecular formula is C86H135N11S2. The van der Waals surface area contributed by atoms with Crippen molar-refractivity contribution < 1.29 is 0 Å². The highest BCUT2D eigenvalue weighted by atomic mass is 32.1. The third-order valence-electron chi connectivity index (χ3n) is 15.4. The van der Waals surface area contributed by atoms with Gasteiger partial charge in [0.25, 0.3) is 0 Å². The number of aromatic nitrogens is 9. The fourth-order valence-electron chi connectivity index (χ4n) is 7.74. The van der Waals surface area contributed by atoms with Gasteiger partial charge in [0.1, 0.15) is 27.7 Å². The largest absolute Gasteiger partial charge is 0.289 e. The maximum atomic E-state index is 4.17. The third kappa shape index (κ3) is 49.3. The minimum atomic E-state index is 0. The van der Waals surface area contributed by atoms with Crippen LogP contribution in [0, 0.1) is 104 Å². The minimum absolute atomic E-state index is 0. The fraction of sp³-hybridized carbons (Fsp3) is 0.453. The molecule has 0 saturated heterocycles. The van der Waals surface area contributed by atoms with Gasteiger partial charge in [0.05, 0.1) is 6.54 Å². The number of pyridine rings is 3. The Balaban J connectivity index is -0.000000322. The summed E-state index contributed by atoms with van der Waals surface area (Å²) in [4.78, 5) is 32.0. The van der Waals surface area contributed by atoms with E-state index in [-0.39, 0.29) is 7.43 Å². The zero-order chi connectivity index (χ0) is 75.7. The second-order valence-corrected chi connectivity index (χ2v) is 24.7. The topological polar surface area (TPSA) is 141 Å². The first-order valence-corrected chi connectivity index (χ1v) is 36.5. The molecule has 8 heterocycles. The Bertz CT molecular complexity index is 3270. The van der Waals surface area contributed by atoms with Crippen molar-refractivity contribution in [2.45, 2.75) is 262 Å². The van der Waals surface area contributed by atoms with Crippen LogP contribution in [0.3, 0.4) is 0 Å². The number of hydrogen-bond donors (Lipinski definition) is 0. The molecule has 0 atom stereocenters. The van der Waals surface area contributed by atoms with Gasteiger partial charge in [-0.15, -0.1) is 21.5 Å². The Labute approximate surface area is 614 Å². The number of rotatable bonds is 0. The lowest BCUT2D eigenvalue weighted by Gasteiger charge is -2.06. The van der Waals surface area contributed by atoms with Gasteiger partial charge >= 0.3 is 0 Å². The molecule has 0 spiro atoms. The molecule has 0 unspecified atom stereocenters. The van der Waals surface area contributed by atoms with Crippen molar-refractivity contribution in [3.05, 3.63) is 261 Å². The van der Waals surface area contributed by atoms with Gasteiger partial charge in [-0.2, -0.15) is 4.37 Å². The second-order valence-electron chi connectivity index (χ2n) is 22.7. The predicted octanol–water partition coefficient (Wildman–Crippen LogP) is 25.9. The number of aliphatic imine (C=N–C) groups is 2. The molecule has 3 aliphatic carbocycles. The average Bonchev–Trinajstić information content (AvgIpc) is 1.97. The second kappa shape index (κ2) is 62.4. The zero-order valence-electron chi connectivity index (χ0n) is 67.5. The quantitative estimate of drug-likeness (QED) is 0.145. The molecule has 0 fully saturated rings. The third-order valence-corrected chi connectivity index (χ3v) is 16.6. The van der Waals surface area contributed by atoms with E-state index in [0.717, 1.165) is 57.3 Å². The van der Waals surface area contributed by atoms with Crippen LogP contribution in [0.25, 0.3) is 0 Å². The van der Waals surface area contributed by atoms with E-state index in [4.69, 9.17) is 0 Å². The summed E-state index contributed by atoms with van der Waals surface area (Å²) in [5.41, 5.74) is 31.4. The van der Waals surface area contributed by atoms with Gasteiger partial charge in [-0.25, -0.2) is 15.0 Å². The van der Waals surface area contributed by atoms with E-state index >= 15 is 0 Å². The highest BCUT2D eigenvalue weighted by Gasteiger charge is 2.06. The normalized spacial score (nSPS) is 12.2. The first-order chi connectivity index (χ1) is 46.5. The van der Waals surface area contributed by atoms with Gasteiger partial charge in [0, 0.05) is 71.6 Å². The molecule has 0 amide bonds. The molecule has 5 aliphatic rings. The molecular weight excluding hydrogens is 1250 g/mol. The average molecular weight is 1390 g/mol. The van der Waals surface area contributed by atoms with Crippen LogP contribution in [0.4, 0.5) is 0 Å². The van der Waals surface area contributed by atoms with Crippen LogP contribution < -0.4 is 0 Å². The smallest absolute Gasteiger partial charge is 0.129 e. The maximum Gasteiger partial charge on any atom is 0.129 e. The van der Waals surface area contributed by atoms with Crippen molar-refractivity contribution >= 4 is 34.8 Å². The number of benzene rings is 1. The van der Waals surface area contributed by atoms with Crippen molar-refractivity contribution in [2.75, 3.05) is 6.54 Å². The van der Waals surface area contributed by atoms with E-state index < -0.39 is 0 Å². The summed E-state index contributed by atoms with van der Waals surface area (Å²) in [6.45, 7) is 69.2. The lowest BCUT2D eigenvalue weighted by molar-refractivity contribution is 1.01. The van der Waals surface area contributed by atoms with Crippen LogP contribution in [0.5, 0.6) is 0 Å². The maximum absolute atomic E-state index is 4.17. The molecule has 6 aromatic heterocycles. The summed E-state index contributed by atoms with van der Waals surface area (Å²) in [5, 5.41) is 9.32. The Kier molecular flexibility index (Phi) is 62.9. The molecule has 13 heteroatoms. The lowest BCUT2D eigenvalue weighted by atomic mass is 10.0. The summed E-state index contributed by atoms with van der Waals surface area (Å²) in [6, 6.07) is 18.3. The van der Waals surface area contributed by atoms with Crippen LogP contribution >= 0.6 is 22.9 Å². The van der Waals surface area contributed by atoms with Crippen molar-refractivity contribution in [1.82, 2.24) is 44.5 Å². The van der Waals surface area contributed by atoms with Gasteiger partial charge in [0.15, 0.2) is 0 Å². The molecule has 1 aromatic carbocycles. The highest BCUT2D eigenvalue weighted by Crippen LogP contribution is 2.26. The number of hydrogen-bond acceptors (Lipinski definition) is 13. The van der Waals surface area contributed by atoms with Gasteiger partial charge in [-0.05, 0) is 296 Å². The molecule has 12 rings (SSSR count). The summed E-state index contributed by atoms with van der Waals surface area (Å²) in [5.74, 6) is 0.838. The summed E-state index contributed by atoms with van der Waals surface area (Å²) in [7, 11) is 0. The van der Waals surface area contributed by atoms with Crippen LogP contribution in [0.2, 0.25) is 0 Å². The van der Waals surface area contributed by atoms with Crippen LogP contribution in [0.1, 0.15) is 241 Å². The fourth-order valence-corrected chi connectivity index (χ4v) is 8.42. The zero-order valence-corrected chi connectivity index (χ0v) is 69.1. The number of nitrogens with zero attached hydrogens (tertiary/aromatic N) is 11. The Morgan fingerprint density at radius 3 is 1.07 bits per heavy atom. The van der Waals surface area contributed by atoms with E-state index in [1.165, 1.54) is 126 Å². The summed E-state index contributed by atoms with van der Waals surface area (Å²) < 4.78 is 3.75. The van der Waals surface area contributed by atoms with Crippen molar-refractivity contribution in [3.63, 3.8) is 0 Å². The van der Waals surface area contributed by atoms with Crippen LogP contribution in [-0.4, -0.2) is 62.9 Å². The molecule has 7 aromatic rings. The first-order valence-electron chi connectivity index (χ1n) is 34.8. The molecule has 0 saturated carbocycles. The van der Waals surface area contributed by atoms with Crippen LogP contribution in [0.15, 0.2) is 188 Å². The van der Waals surface area contributed by atoms with Crippen molar-refractivity contribution in [2.24, 2.45) is 9.98 Å².